The number of nitrogens with zero attached hydrogens (tertiary/aromatic N) is 1. The van der Waals surface area contributed by atoms with Crippen LogP contribution in [0.3, 0.4) is 0 Å². The minimum Gasteiger partial charge on any atom is -0.756 e. The summed E-state index contributed by atoms with van der Waals surface area (Å²) < 4.78 is 33.9. The minimum atomic E-state index is -4.66. The van der Waals surface area contributed by atoms with Crippen LogP contribution in [0.4, 0.5) is 0 Å². The van der Waals surface area contributed by atoms with Gasteiger partial charge in [0, 0.05) is 12.8 Å². The van der Waals surface area contributed by atoms with Crippen LogP contribution in [0.15, 0.2) is 170 Å². The summed E-state index contributed by atoms with van der Waals surface area (Å²) in [4.78, 5) is 37.7. The average Bonchev–Trinajstić information content (AvgIpc) is 3.38. The topological polar surface area (TPSA) is 111 Å². The summed E-state index contributed by atoms with van der Waals surface area (Å²) in [5, 5.41) is 0. The van der Waals surface area contributed by atoms with Gasteiger partial charge >= 0.3 is 11.9 Å². The van der Waals surface area contributed by atoms with Gasteiger partial charge in [0.05, 0.1) is 27.7 Å². The molecule has 0 aromatic rings. The fraction of sp³-hybridized carbons (Fsp3) is 0.545. The van der Waals surface area contributed by atoms with Crippen molar-refractivity contribution in [2.24, 2.45) is 0 Å². The zero-order valence-electron chi connectivity index (χ0n) is 48.1. The third-order valence-corrected chi connectivity index (χ3v) is 12.2. The Morgan fingerprint density at radius 3 is 1.11 bits per heavy atom. The third kappa shape index (κ3) is 58.6. The smallest absolute Gasteiger partial charge is 0.306 e. The summed E-state index contributed by atoms with van der Waals surface area (Å²) in [6.07, 6.45) is 84.3. The summed E-state index contributed by atoms with van der Waals surface area (Å²) in [5.41, 5.74) is 0. The second kappa shape index (κ2) is 55.1. The summed E-state index contributed by atoms with van der Waals surface area (Å²) in [6.45, 7) is 3.87. The van der Waals surface area contributed by atoms with Gasteiger partial charge in [-0.2, -0.15) is 0 Å². The molecule has 0 radical (unpaired) electrons. The van der Waals surface area contributed by atoms with Crippen molar-refractivity contribution in [1.82, 2.24) is 0 Å². The molecule has 2 atom stereocenters. The number of carbonyl (C=O) groups is 2. The molecule has 0 aromatic carbocycles. The number of quaternary nitrogens is 1. The molecular formula is C66H104NO8P. The molecule has 0 saturated heterocycles. The summed E-state index contributed by atoms with van der Waals surface area (Å²) in [6, 6.07) is 0. The quantitative estimate of drug-likeness (QED) is 0.0195. The lowest BCUT2D eigenvalue weighted by atomic mass is 10.1. The molecule has 0 saturated carbocycles. The Morgan fingerprint density at radius 1 is 0.408 bits per heavy atom. The highest BCUT2D eigenvalue weighted by atomic mass is 31.2. The maximum Gasteiger partial charge on any atom is 0.306 e. The van der Waals surface area contributed by atoms with E-state index in [1.54, 1.807) is 0 Å². The molecule has 0 N–H and O–H groups in total. The molecule has 426 valence electrons. The van der Waals surface area contributed by atoms with Crippen LogP contribution >= 0.6 is 7.82 Å². The van der Waals surface area contributed by atoms with Gasteiger partial charge in [-0.15, -0.1) is 0 Å². The Kier molecular flexibility index (Phi) is 51.8. The normalized spacial score (nSPS) is 14.6. The van der Waals surface area contributed by atoms with E-state index in [4.69, 9.17) is 18.5 Å². The second-order valence-corrected chi connectivity index (χ2v) is 20.9. The van der Waals surface area contributed by atoms with Crippen molar-refractivity contribution in [2.75, 3.05) is 47.5 Å². The van der Waals surface area contributed by atoms with E-state index < -0.39 is 32.5 Å². The number of ether oxygens (including phenoxy) is 2. The average molecular weight is 1070 g/mol. The van der Waals surface area contributed by atoms with Crippen molar-refractivity contribution in [3.63, 3.8) is 0 Å². The predicted molar refractivity (Wildman–Crippen MR) is 323 cm³/mol. The molecule has 0 aliphatic rings. The maximum absolute atomic E-state index is 12.8. The van der Waals surface area contributed by atoms with Crippen molar-refractivity contribution in [3.05, 3.63) is 170 Å². The van der Waals surface area contributed by atoms with Crippen molar-refractivity contribution in [3.8, 4) is 0 Å². The zero-order chi connectivity index (χ0) is 55.6. The van der Waals surface area contributed by atoms with E-state index in [2.05, 4.69) is 172 Å². The number of carbonyl (C=O) groups excluding carboxylic acids is 2. The van der Waals surface area contributed by atoms with Gasteiger partial charge in [-0.3, -0.25) is 14.2 Å². The van der Waals surface area contributed by atoms with Gasteiger partial charge in [-0.25, -0.2) is 0 Å². The minimum absolute atomic E-state index is 0.0524. The van der Waals surface area contributed by atoms with Crippen LogP contribution in [0.5, 0.6) is 0 Å². The fourth-order valence-electron chi connectivity index (χ4n) is 6.87. The highest BCUT2D eigenvalue weighted by molar-refractivity contribution is 7.45. The SMILES string of the molecule is CC/C=C\C/C=C\C/C=C\C/C=C\C/C=C\C/C=C\C/C=C\C/C=C\C/C=C\C/C=C\CCCCCCCCCCC(=O)OC(COC(=O)CC/C=C\C/C=C\C/C=C\C/C=C\CC)COP(=O)([O-])OCC[N+](C)(C)C. The molecule has 0 fully saturated rings. The molecule has 0 amide bonds. The molecule has 10 heteroatoms. The molecule has 9 nitrogen and oxygen atoms in total. The zero-order valence-corrected chi connectivity index (χ0v) is 49.0. The Bertz CT molecular complexity index is 1880. The van der Waals surface area contributed by atoms with Gasteiger partial charge in [-0.1, -0.05) is 223 Å². The van der Waals surface area contributed by atoms with E-state index in [-0.39, 0.29) is 26.1 Å². The molecule has 0 aliphatic carbocycles. The first-order chi connectivity index (χ1) is 37.0. The van der Waals surface area contributed by atoms with Gasteiger partial charge in [-0.05, 0) is 116 Å². The fourth-order valence-corrected chi connectivity index (χ4v) is 7.60. The van der Waals surface area contributed by atoms with Crippen LogP contribution < -0.4 is 4.89 Å². The number of phosphoric ester groups is 1. The monoisotopic (exact) mass is 1070 g/mol. The van der Waals surface area contributed by atoms with Crippen LogP contribution in [-0.2, 0) is 32.7 Å². The first-order valence-corrected chi connectivity index (χ1v) is 30.3. The standard InChI is InChI=1S/C66H104NO8P/c1-6-8-10-12-14-16-18-20-21-22-23-24-25-26-27-28-29-30-31-32-33-34-35-36-37-38-39-40-41-42-43-44-45-47-49-51-53-55-57-59-66(69)75-64(63-74-76(70,71)73-61-60-67(3,4)5)62-72-65(68)58-56-54-52-50-48-46-19-17-15-13-11-9-7-2/h8-11,14-17,20-21,23-24,26-27,29-30,32-33,35-36,38-39,41-42,46,48,52,54,64H,6-7,12-13,18-19,22,25,28,31,34,37,40,43-45,47,49-51,53,55-63H2,1-5H3/b10-8-,11-9-,16-14-,17-15-,21-20-,24-23-,27-26-,30-29-,33-32-,36-35-,39-38-,42-41-,48-46-,54-52-. The molecule has 76 heavy (non-hydrogen) atoms. The summed E-state index contributed by atoms with van der Waals surface area (Å²) >= 11 is 0. The van der Waals surface area contributed by atoms with E-state index in [1.165, 1.54) is 25.7 Å². The van der Waals surface area contributed by atoms with Gasteiger partial charge < -0.3 is 27.9 Å². The maximum atomic E-state index is 12.8. The first kappa shape index (κ1) is 71.4. The Balaban J connectivity index is 4.18. The summed E-state index contributed by atoms with van der Waals surface area (Å²) in [7, 11) is 1.10. The Labute approximate surface area is 464 Å². The van der Waals surface area contributed by atoms with E-state index in [1.807, 2.05) is 33.3 Å². The number of allylic oxidation sites excluding steroid dienone is 28. The molecule has 0 heterocycles. The number of unbranched alkanes of at least 4 members (excludes halogenated alkanes) is 8. The molecule has 0 bridgehead atoms. The molecular weight excluding hydrogens is 966 g/mol. The van der Waals surface area contributed by atoms with Gasteiger partial charge in [0.2, 0.25) is 0 Å². The van der Waals surface area contributed by atoms with Crippen molar-refractivity contribution in [2.45, 2.75) is 187 Å². The Hall–Kier alpha value is -4.63. The van der Waals surface area contributed by atoms with E-state index in [0.717, 1.165) is 116 Å². The second-order valence-electron chi connectivity index (χ2n) is 19.5. The lowest BCUT2D eigenvalue weighted by Crippen LogP contribution is -2.37. The number of esters is 2. The van der Waals surface area contributed by atoms with Crippen LogP contribution in [0.25, 0.3) is 0 Å². The Morgan fingerprint density at radius 2 is 0.737 bits per heavy atom. The molecule has 0 aliphatic heterocycles. The van der Waals surface area contributed by atoms with Crippen LogP contribution in [0, 0.1) is 0 Å². The van der Waals surface area contributed by atoms with Crippen LogP contribution in [0.1, 0.15) is 181 Å². The number of hydrogen-bond donors (Lipinski definition) is 0. The van der Waals surface area contributed by atoms with E-state index in [0.29, 0.717) is 23.9 Å². The molecule has 0 rings (SSSR count). The van der Waals surface area contributed by atoms with Crippen molar-refractivity contribution in [1.29, 1.82) is 0 Å². The number of rotatable bonds is 50. The number of hydrogen-bond acceptors (Lipinski definition) is 8. The number of phosphoric acid groups is 1. The highest BCUT2D eigenvalue weighted by Gasteiger charge is 2.21. The largest absolute Gasteiger partial charge is 0.756 e. The first-order valence-electron chi connectivity index (χ1n) is 28.8. The van der Waals surface area contributed by atoms with Crippen LogP contribution in [0.2, 0.25) is 0 Å². The predicted octanol–water partition coefficient (Wildman–Crippen LogP) is 17.6. The van der Waals surface area contributed by atoms with Gasteiger partial charge in [0.1, 0.15) is 19.8 Å². The highest BCUT2D eigenvalue weighted by Crippen LogP contribution is 2.38. The van der Waals surface area contributed by atoms with Crippen molar-refractivity contribution < 1.29 is 42.1 Å². The van der Waals surface area contributed by atoms with Gasteiger partial charge in [0.25, 0.3) is 7.82 Å². The van der Waals surface area contributed by atoms with E-state index in [9.17, 15) is 19.0 Å². The van der Waals surface area contributed by atoms with Crippen molar-refractivity contribution >= 4 is 19.8 Å². The van der Waals surface area contributed by atoms with E-state index >= 15 is 0 Å². The molecule has 0 aromatic heterocycles. The van der Waals surface area contributed by atoms with Gasteiger partial charge in [0.15, 0.2) is 6.10 Å². The lowest BCUT2D eigenvalue weighted by molar-refractivity contribution is -0.870. The lowest BCUT2D eigenvalue weighted by Gasteiger charge is -2.28. The third-order valence-electron chi connectivity index (χ3n) is 11.2. The molecule has 0 spiro atoms. The number of likely N-dealkylation sites (N-methyl/N-ethyl adjacent to an activating group) is 1. The summed E-state index contributed by atoms with van der Waals surface area (Å²) in [5.74, 6) is -0.954. The molecule has 2 unspecified atom stereocenters. The van der Waals surface area contributed by atoms with Crippen LogP contribution in [-0.4, -0.2) is 70.0 Å².